The van der Waals surface area contributed by atoms with Crippen LogP contribution in [0.3, 0.4) is 0 Å². The molecule has 2 heterocycles. The Morgan fingerprint density at radius 2 is 2.50 bits per heavy atom. The molecule has 0 aromatic carbocycles. The molecular formula is C8H12N4O2. The molecule has 1 aromatic heterocycles. The van der Waals surface area contributed by atoms with E-state index in [2.05, 4.69) is 15.5 Å². The van der Waals surface area contributed by atoms with Gasteiger partial charge in [0.05, 0.1) is 4.92 Å². The molecule has 1 fully saturated rings. The maximum Gasteiger partial charge on any atom is 0.310 e. The van der Waals surface area contributed by atoms with Gasteiger partial charge in [-0.1, -0.05) is 0 Å². The first-order valence-electron chi connectivity index (χ1n) is 4.67. The van der Waals surface area contributed by atoms with Crippen LogP contribution in [0, 0.1) is 10.1 Å². The predicted molar refractivity (Wildman–Crippen MR) is 50.1 cm³/mol. The summed E-state index contributed by atoms with van der Waals surface area (Å²) in [7, 11) is 0. The first kappa shape index (κ1) is 9.14. The highest BCUT2D eigenvalue weighted by atomic mass is 16.6. The molecular weight excluding hydrogens is 184 g/mol. The van der Waals surface area contributed by atoms with E-state index in [0.717, 1.165) is 25.9 Å². The number of H-pyrrole nitrogens is 1. The quantitative estimate of drug-likeness (QED) is 0.541. The summed E-state index contributed by atoms with van der Waals surface area (Å²) < 4.78 is 0. The SMILES string of the molecule is O=[N+]([O-])c1cn[nH]c1C1CCCNC1. The zero-order chi connectivity index (χ0) is 9.97. The first-order valence-corrected chi connectivity index (χ1v) is 4.67. The number of rotatable bonds is 2. The van der Waals surface area contributed by atoms with Crippen molar-refractivity contribution in [1.29, 1.82) is 0 Å². The van der Waals surface area contributed by atoms with Crippen molar-refractivity contribution in [3.63, 3.8) is 0 Å². The summed E-state index contributed by atoms with van der Waals surface area (Å²) in [4.78, 5) is 10.3. The monoisotopic (exact) mass is 196 g/mol. The van der Waals surface area contributed by atoms with Crippen molar-refractivity contribution >= 4 is 5.69 Å². The Morgan fingerprint density at radius 3 is 3.14 bits per heavy atom. The van der Waals surface area contributed by atoms with Crippen LogP contribution < -0.4 is 5.32 Å². The molecule has 0 saturated carbocycles. The molecule has 1 atom stereocenters. The van der Waals surface area contributed by atoms with E-state index >= 15 is 0 Å². The number of aromatic amines is 1. The summed E-state index contributed by atoms with van der Waals surface area (Å²) in [5.74, 6) is 0.201. The molecule has 1 saturated heterocycles. The van der Waals surface area contributed by atoms with Crippen molar-refractivity contribution in [3.8, 4) is 0 Å². The van der Waals surface area contributed by atoms with E-state index in [4.69, 9.17) is 0 Å². The summed E-state index contributed by atoms with van der Waals surface area (Å²) in [5.41, 5.74) is 0.765. The lowest BCUT2D eigenvalue weighted by Gasteiger charge is -2.20. The molecule has 0 radical (unpaired) electrons. The largest absolute Gasteiger partial charge is 0.316 e. The maximum absolute atomic E-state index is 10.7. The zero-order valence-corrected chi connectivity index (χ0v) is 7.69. The van der Waals surface area contributed by atoms with Crippen LogP contribution in [0.15, 0.2) is 6.20 Å². The fourth-order valence-corrected chi connectivity index (χ4v) is 1.83. The topological polar surface area (TPSA) is 83.8 Å². The number of hydrogen-bond acceptors (Lipinski definition) is 4. The van der Waals surface area contributed by atoms with Crippen LogP contribution in [0.4, 0.5) is 5.69 Å². The molecule has 0 spiro atoms. The van der Waals surface area contributed by atoms with Crippen molar-refractivity contribution in [3.05, 3.63) is 22.0 Å². The number of hydrogen-bond donors (Lipinski definition) is 2. The van der Waals surface area contributed by atoms with Gasteiger partial charge in [-0.25, -0.2) is 0 Å². The second kappa shape index (κ2) is 3.75. The number of nitrogens with one attached hydrogen (secondary N) is 2. The molecule has 76 valence electrons. The van der Waals surface area contributed by atoms with E-state index in [1.165, 1.54) is 6.20 Å². The molecule has 6 heteroatoms. The van der Waals surface area contributed by atoms with E-state index in [0.29, 0.717) is 5.69 Å². The standard InChI is InChI=1S/C8H12N4O2/c13-12(14)7-5-10-11-8(7)6-2-1-3-9-4-6/h5-6,9H,1-4H2,(H,10,11). The van der Waals surface area contributed by atoms with E-state index in [1.807, 2.05) is 0 Å². The van der Waals surface area contributed by atoms with Gasteiger partial charge in [0.2, 0.25) is 0 Å². The second-order valence-electron chi connectivity index (χ2n) is 3.47. The van der Waals surface area contributed by atoms with Gasteiger partial charge in [0.25, 0.3) is 0 Å². The van der Waals surface area contributed by atoms with Crippen molar-refractivity contribution in [1.82, 2.24) is 15.5 Å². The highest BCUT2D eigenvalue weighted by Gasteiger charge is 2.25. The first-order chi connectivity index (χ1) is 6.79. The smallest absolute Gasteiger partial charge is 0.310 e. The van der Waals surface area contributed by atoms with Crippen LogP contribution in [0.5, 0.6) is 0 Å². The van der Waals surface area contributed by atoms with Crippen LogP contribution in [0.1, 0.15) is 24.5 Å². The average Bonchev–Trinajstić information content (AvgIpc) is 2.67. The Labute approximate surface area is 80.9 Å². The van der Waals surface area contributed by atoms with Gasteiger partial charge in [0, 0.05) is 12.5 Å². The molecule has 1 aliphatic heterocycles. The minimum absolute atomic E-state index is 0.110. The molecule has 1 unspecified atom stereocenters. The molecule has 1 aromatic rings. The Kier molecular flexibility index (Phi) is 2.45. The molecule has 2 rings (SSSR count). The molecule has 2 N–H and O–H groups in total. The van der Waals surface area contributed by atoms with Gasteiger partial charge < -0.3 is 5.32 Å². The highest BCUT2D eigenvalue weighted by molar-refractivity contribution is 5.35. The zero-order valence-electron chi connectivity index (χ0n) is 7.69. The van der Waals surface area contributed by atoms with Crippen LogP contribution in [-0.4, -0.2) is 28.2 Å². The van der Waals surface area contributed by atoms with Gasteiger partial charge in [-0.3, -0.25) is 15.2 Å². The summed E-state index contributed by atoms with van der Waals surface area (Å²) >= 11 is 0. The fraction of sp³-hybridized carbons (Fsp3) is 0.625. The normalized spacial score (nSPS) is 22.1. The molecule has 14 heavy (non-hydrogen) atoms. The molecule has 6 nitrogen and oxygen atoms in total. The number of nitro groups is 1. The van der Waals surface area contributed by atoms with Crippen LogP contribution in [-0.2, 0) is 0 Å². The van der Waals surface area contributed by atoms with Crippen molar-refractivity contribution < 1.29 is 4.92 Å². The molecule has 1 aliphatic rings. The third kappa shape index (κ3) is 1.60. The third-order valence-corrected chi connectivity index (χ3v) is 2.55. The maximum atomic E-state index is 10.7. The Balaban J connectivity index is 2.21. The summed E-state index contributed by atoms with van der Waals surface area (Å²) in [6.07, 6.45) is 3.32. The Bertz CT molecular complexity index is 330. The van der Waals surface area contributed by atoms with Gasteiger partial charge in [-0.05, 0) is 19.4 Å². The Hall–Kier alpha value is -1.43. The van der Waals surface area contributed by atoms with Gasteiger partial charge in [0.1, 0.15) is 11.9 Å². The van der Waals surface area contributed by atoms with Crippen LogP contribution in [0.25, 0.3) is 0 Å². The van der Waals surface area contributed by atoms with E-state index in [9.17, 15) is 10.1 Å². The summed E-state index contributed by atoms with van der Waals surface area (Å²) in [6.45, 7) is 1.79. The highest BCUT2D eigenvalue weighted by Crippen LogP contribution is 2.28. The summed E-state index contributed by atoms with van der Waals surface area (Å²) in [6, 6.07) is 0. The minimum Gasteiger partial charge on any atom is -0.316 e. The van der Waals surface area contributed by atoms with Crippen molar-refractivity contribution in [2.24, 2.45) is 0 Å². The van der Waals surface area contributed by atoms with Gasteiger partial charge in [0.15, 0.2) is 0 Å². The minimum atomic E-state index is -0.382. The van der Waals surface area contributed by atoms with Gasteiger partial charge >= 0.3 is 5.69 Å². The predicted octanol–water partition coefficient (Wildman–Crippen LogP) is 0.785. The molecule has 0 bridgehead atoms. The third-order valence-electron chi connectivity index (χ3n) is 2.55. The average molecular weight is 196 g/mol. The number of piperidine rings is 1. The van der Waals surface area contributed by atoms with E-state index in [-0.39, 0.29) is 16.5 Å². The van der Waals surface area contributed by atoms with Crippen molar-refractivity contribution in [2.45, 2.75) is 18.8 Å². The Morgan fingerprint density at radius 1 is 1.64 bits per heavy atom. The lowest BCUT2D eigenvalue weighted by molar-refractivity contribution is -0.385. The number of aromatic nitrogens is 2. The lowest BCUT2D eigenvalue weighted by Crippen LogP contribution is -2.28. The van der Waals surface area contributed by atoms with Crippen LogP contribution >= 0.6 is 0 Å². The van der Waals surface area contributed by atoms with Crippen LogP contribution in [0.2, 0.25) is 0 Å². The van der Waals surface area contributed by atoms with Gasteiger partial charge in [-0.15, -0.1) is 0 Å². The number of nitrogens with zero attached hydrogens (tertiary/aromatic N) is 2. The second-order valence-corrected chi connectivity index (χ2v) is 3.47. The van der Waals surface area contributed by atoms with Crippen molar-refractivity contribution in [2.75, 3.05) is 13.1 Å². The molecule has 0 amide bonds. The summed E-state index contributed by atoms with van der Waals surface area (Å²) in [5, 5.41) is 20.3. The fourth-order valence-electron chi connectivity index (χ4n) is 1.83. The van der Waals surface area contributed by atoms with E-state index in [1.54, 1.807) is 0 Å². The lowest BCUT2D eigenvalue weighted by atomic mass is 9.95. The van der Waals surface area contributed by atoms with E-state index < -0.39 is 0 Å². The molecule has 0 aliphatic carbocycles. The van der Waals surface area contributed by atoms with Gasteiger partial charge in [-0.2, -0.15) is 5.10 Å².